The average Bonchev–Trinajstić information content (AvgIpc) is 2.18. The van der Waals surface area contributed by atoms with Crippen LogP contribution in [-0.4, -0.2) is 25.5 Å². The van der Waals surface area contributed by atoms with Crippen molar-refractivity contribution < 1.29 is 22.7 Å². The number of hydrogen-bond donors (Lipinski definition) is 3. The van der Waals surface area contributed by atoms with Gasteiger partial charge in [-0.05, 0) is 26.0 Å². The van der Waals surface area contributed by atoms with Crippen LogP contribution in [-0.2, 0) is 10.2 Å². The Balaban J connectivity index is 3.15. The van der Waals surface area contributed by atoms with Crippen LogP contribution in [0.2, 0.25) is 0 Å². The Labute approximate surface area is 104 Å². The van der Waals surface area contributed by atoms with Crippen LogP contribution in [0.15, 0.2) is 18.2 Å². The molecule has 1 aromatic rings. The van der Waals surface area contributed by atoms with E-state index in [1.54, 1.807) is 13.8 Å². The number of carbonyl (C=O) groups is 1. The smallest absolute Gasteiger partial charge is 0.337 e. The van der Waals surface area contributed by atoms with Crippen LogP contribution in [0.4, 0.5) is 10.1 Å². The zero-order chi connectivity index (χ0) is 13.9. The molecule has 0 saturated carbocycles. The van der Waals surface area contributed by atoms with Gasteiger partial charge in [-0.1, -0.05) is 6.07 Å². The Kier molecular flexibility index (Phi) is 4.25. The minimum absolute atomic E-state index is 0.400. The molecule has 0 atom stereocenters. The van der Waals surface area contributed by atoms with E-state index in [4.69, 9.17) is 5.11 Å². The molecule has 0 amide bonds. The maximum absolute atomic E-state index is 13.5. The van der Waals surface area contributed by atoms with Crippen LogP contribution >= 0.6 is 0 Å². The van der Waals surface area contributed by atoms with Crippen LogP contribution < -0.4 is 9.44 Å². The maximum Gasteiger partial charge on any atom is 0.337 e. The highest BCUT2D eigenvalue weighted by Crippen LogP contribution is 2.20. The molecule has 0 aliphatic carbocycles. The van der Waals surface area contributed by atoms with Crippen LogP contribution in [0.5, 0.6) is 0 Å². The number of hydrogen-bond acceptors (Lipinski definition) is 3. The minimum atomic E-state index is -4.02. The van der Waals surface area contributed by atoms with Gasteiger partial charge in [0.2, 0.25) is 0 Å². The summed E-state index contributed by atoms with van der Waals surface area (Å²) in [6.07, 6.45) is 0. The number of para-hydroxylation sites is 1. The van der Waals surface area contributed by atoms with E-state index in [0.29, 0.717) is 0 Å². The molecule has 100 valence electrons. The van der Waals surface area contributed by atoms with Gasteiger partial charge < -0.3 is 5.11 Å². The molecule has 0 saturated heterocycles. The zero-order valence-electron chi connectivity index (χ0n) is 9.77. The number of rotatable bonds is 5. The summed E-state index contributed by atoms with van der Waals surface area (Å²) in [5, 5.41) is 8.85. The largest absolute Gasteiger partial charge is 0.478 e. The van der Waals surface area contributed by atoms with Crippen molar-refractivity contribution in [1.29, 1.82) is 0 Å². The second-order valence-electron chi connectivity index (χ2n) is 3.85. The van der Waals surface area contributed by atoms with Gasteiger partial charge in [0.15, 0.2) is 0 Å². The lowest BCUT2D eigenvalue weighted by molar-refractivity contribution is 0.0697. The van der Waals surface area contributed by atoms with Crippen molar-refractivity contribution in [3.05, 3.63) is 29.6 Å². The van der Waals surface area contributed by atoms with Gasteiger partial charge in [-0.3, -0.25) is 4.72 Å². The summed E-state index contributed by atoms with van der Waals surface area (Å²) in [6.45, 7) is 3.16. The van der Waals surface area contributed by atoms with Crippen LogP contribution in [0, 0.1) is 5.82 Å². The molecule has 0 bridgehead atoms. The molecule has 0 radical (unpaired) electrons. The number of carboxylic acids is 1. The van der Waals surface area contributed by atoms with Gasteiger partial charge in [0.25, 0.3) is 10.2 Å². The first-order valence-electron chi connectivity index (χ1n) is 5.05. The Morgan fingerprint density at radius 1 is 1.39 bits per heavy atom. The molecule has 1 rings (SSSR count). The molecule has 8 heteroatoms. The van der Waals surface area contributed by atoms with E-state index in [1.165, 1.54) is 6.07 Å². The predicted molar refractivity (Wildman–Crippen MR) is 64.2 cm³/mol. The molecule has 3 N–H and O–H groups in total. The van der Waals surface area contributed by atoms with Gasteiger partial charge >= 0.3 is 5.97 Å². The molecule has 0 spiro atoms. The number of nitrogens with one attached hydrogen (secondary N) is 2. The van der Waals surface area contributed by atoms with E-state index in [9.17, 15) is 17.6 Å². The highest BCUT2D eigenvalue weighted by molar-refractivity contribution is 7.90. The molecule has 18 heavy (non-hydrogen) atoms. The van der Waals surface area contributed by atoms with Gasteiger partial charge in [0, 0.05) is 6.04 Å². The third-order valence-electron chi connectivity index (χ3n) is 1.87. The summed E-state index contributed by atoms with van der Waals surface area (Å²) >= 11 is 0. The lowest BCUT2D eigenvalue weighted by Crippen LogP contribution is -2.35. The Morgan fingerprint density at radius 2 is 2.00 bits per heavy atom. The van der Waals surface area contributed by atoms with E-state index in [2.05, 4.69) is 4.72 Å². The molecule has 0 aliphatic heterocycles. The van der Waals surface area contributed by atoms with Crippen molar-refractivity contribution in [2.45, 2.75) is 19.9 Å². The van der Waals surface area contributed by atoms with Crippen molar-refractivity contribution in [2.75, 3.05) is 4.72 Å². The van der Waals surface area contributed by atoms with Crippen LogP contribution in [0.3, 0.4) is 0 Å². The van der Waals surface area contributed by atoms with Gasteiger partial charge in [-0.2, -0.15) is 13.1 Å². The molecular weight excluding hydrogens is 263 g/mol. The number of benzene rings is 1. The number of halogens is 1. The Morgan fingerprint density at radius 3 is 2.50 bits per heavy atom. The van der Waals surface area contributed by atoms with E-state index in [-0.39, 0.29) is 0 Å². The maximum atomic E-state index is 13.5. The third kappa shape index (κ3) is 3.67. The molecule has 1 aromatic carbocycles. The number of anilines is 1. The minimum Gasteiger partial charge on any atom is -0.478 e. The molecule has 0 heterocycles. The summed E-state index contributed by atoms with van der Waals surface area (Å²) < 4.78 is 40.6. The monoisotopic (exact) mass is 276 g/mol. The number of aromatic carboxylic acids is 1. The average molecular weight is 276 g/mol. The van der Waals surface area contributed by atoms with Gasteiger partial charge in [0.1, 0.15) is 5.82 Å². The Bertz CT molecular complexity index is 557. The lowest BCUT2D eigenvalue weighted by atomic mass is 10.2. The normalized spacial score (nSPS) is 11.6. The fraction of sp³-hybridized carbons (Fsp3) is 0.300. The van der Waals surface area contributed by atoms with Crippen molar-refractivity contribution in [2.24, 2.45) is 0 Å². The molecule has 0 aromatic heterocycles. The third-order valence-corrected chi connectivity index (χ3v) is 3.13. The molecule has 0 unspecified atom stereocenters. The van der Waals surface area contributed by atoms with E-state index in [1.807, 2.05) is 4.72 Å². The first-order valence-corrected chi connectivity index (χ1v) is 6.53. The van der Waals surface area contributed by atoms with E-state index >= 15 is 0 Å². The Hall–Kier alpha value is -1.67. The van der Waals surface area contributed by atoms with E-state index < -0.39 is 39.3 Å². The summed E-state index contributed by atoms with van der Waals surface area (Å²) in [5.41, 5.74) is -1.04. The van der Waals surface area contributed by atoms with E-state index in [0.717, 1.165) is 12.1 Å². The standard InChI is InChI=1S/C10H13FN2O4S/c1-6(2)12-18(16,17)13-9-7(10(14)15)4-3-5-8(9)11/h3-6,12-13H,1-2H3,(H,14,15). The number of carboxylic acid groups (broad SMARTS) is 1. The molecule has 0 aliphatic rings. The molecule has 6 nitrogen and oxygen atoms in total. The fourth-order valence-electron chi connectivity index (χ4n) is 1.28. The van der Waals surface area contributed by atoms with Crippen molar-refractivity contribution in [3.8, 4) is 0 Å². The first kappa shape index (κ1) is 14.4. The fourth-order valence-corrected chi connectivity index (χ4v) is 2.44. The predicted octanol–water partition coefficient (Wildman–Crippen LogP) is 1.18. The van der Waals surface area contributed by atoms with Crippen LogP contribution in [0.1, 0.15) is 24.2 Å². The quantitative estimate of drug-likeness (QED) is 0.752. The second-order valence-corrected chi connectivity index (χ2v) is 5.29. The highest BCUT2D eigenvalue weighted by atomic mass is 32.2. The summed E-state index contributed by atoms with van der Waals surface area (Å²) in [5.74, 6) is -2.37. The van der Waals surface area contributed by atoms with Crippen LogP contribution in [0.25, 0.3) is 0 Å². The summed E-state index contributed by atoms with van der Waals surface area (Å²) in [6, 6.07) is 2.87. The first-order chi connectivity index (χ1) is 8.23. The SMILES string of the molecule is CC(C)NS(=O)(=O)Nc1c(F)cccc1C(=O)O. The molecular formula is C10H13FN2O4S. The van der Waals surface area contributed by atoms with Crippen molar-refractivity contribution >= 4 is 21.9 Å². The second kappa shape index (κ2) is 5.32. The summed E-state index contributed by atoms with van der Waals surface area (Å²) in [7, 11) is -4.02. The van der Waals surface area contributed by atoms with Crippen molar-refractivity contribution in [3.63, 3.8) is 0 Å². The molecule has 0 fully saturated rings. The summed E-state index contributed by atoms with van der Waals surface area (Å²) in [4.78, 5) is 10.9. The van der Waals surface area contributed by atoms with Crippen molar-refractivity contribution in [1.82, 2.24) is 4.72 Å². The lowest BCUT2D eigenvalue weighted by Gasteiger charge is -2.13. The van der Waals surface area contributed by atoms with Gasteiger partial charge in [0.05, 0.1) is 11.3 Å². The topological polar surface area (TPSA) is 95.5 Å². The van der Waals surface area contributed by atoms with Gasteiger partial charge in [-0.15, -0.1) is 0 Å². The van der Waals surface area contributed by atoms with Gasteiger partial charge in [-0.25, -0.2) is 9.18 Å². The zero-order valence-corrected chi connectivity index (χ0v) is 10.6. The highest BCUT2D eigenvalue weighted by Gasteiger charge is 2.20.